The number of nitrogens with one attached hydrogen (secondary N) is 3. The van der Waals surface area contributed by atoms with E-state index in [0.717, 1.165) is 25.7 Å². The molecule has 0 aliphatic carbocycles. The summed E-state index contributed by atoms with van der Waals surface area (Å²) < 4.78 is 28.8. The predicted molar refractivity (Wildman–Crippen MR) is 128 cm³/mol. The van der Waals surface area contributed by atoms with Crippen LogP contribution in [0.4, 0.5) is 5.82 Å². The van der Waals surface area contributed by atoms with Crippen LogP contribution in [0.25, 0.3) is 0 Å². The van der Waals surface area contributed by atoms with E-state index in [9.17, 15) is 18.0 Å². The van der Waals surface area contributed by atoms with E-state index in [1.54, 1.807) is 17.7 Å². The van der Waals surface area contributed by atoms with Crippen LogP contribution in [0.1, 0.15) is 61.9 Å². The molecule has 184 valence electrons. The molecule has 0 saturated carbocycles. The van der Waals surface area contributed by atoms with E-state index in [1.165, 1.54) is 28.6 Å². The molecule has 11 heteroatoms. The Balaban J connectivity index is 1.49. The largest absolute Gasteiger partial charge is 0.322 e. The van der Waals surface area contributed by atoms with E-state index in [-0.39, 0.29) is 22.8 Å². The van der Waals surface area contributed by atoms with Gasteiger partial charge in [-0.2, -0.15) is 9.40 Å². The van der Waals surface area contributed by atoms with Gasteiger partial charge in [-0.05, 0) is 57.4 Å². The van der Waals surface area contributed by atoms with Crippen molar-refractivity contribution in [2.45, 2.75) is 63.7 Å². The van der Waals surface area contributed by atoms with Gasteiger partial charge in [0.15, 0.2) is 6.29 Å². The van der Waals surface area contributed by atoms with Gasteiger partial charge in [-0.15, -0.1) is 0 Å². The molecule has 2 aliphatic heterocycles. The summed E-state index contributed by atoms with van der Waals surface area (Å²) in [6.07, 6.45) is 2.89. The number of benzene rings is 1. The first-order chi connectivity index (χ1) is 16.2. The van der Waals surface area contributed by atoms with E-state index >= 15 is 0 Å². The molecular formula is C23H32N6O4S. The van der Waals surface area contributed by atoms with Crippen molar-refractivity contribution in [3.8, 4) is 0 Å². The molecule has 10 nitrogen and oxygen atoms in total. The third-order valence-corrected chi connectivity index (χ3v) is 8.41. The van der Waals surface area contributed by atoms with Gasteiger partial charge in [0.05, 0.1) is 16.5 Å². The Morgan fingerprint density at radius 2 is 1.85 bits per heavy atom. The number of amides is 2. The average molecular weight is 489 g/mol. The zero-order chi connectivity index (χ0) is 24.5. The monoisotopic (exact) mass is 488 g/mol. The van der Waals surface area contributed by atoms with Gasteiger partial charge in [-0.3, -0.25) is 14.9 Å². The van der Waals surface area contributed by atoms with Gasteiger partial charge < -0.3 is 10.6 Å². The lowest BCUT2D eigenvalue weighted by atomic mass is 9.95. The summed E-state index contributed by atoms with van der Waals surface area (Å²) in [6.45, 7) is 6.77. The standard InChI is InChI=1S/C23H32N6O4S/c1-4-19-16(3)24-23(26-22(19)31)29-20(14-15(2)27-29)25-21(30)17-8-10-18(11-9-17)34(32,33)28-12-6-5-7-13-28/h8-11,14,16,19,23-24H,4-7,12-13H2,1-3H3,(H,25,30)(H,26,31). The Kier molecular flexibility index (Phi) is 7.06. The van der Waals surface area contributed by atoms with Crippen molar-refractivity contribution in [2.24, 2.45) is 5.92 Å². The Hall–Kier alpha value is -2.76. The number of carbonyl (C=O) groups excluding carboxylic acids is 2. The maximum absolute atomic E-state index is 12.9. The lowest BCUT2D eigenvalue weighted by Crippen LogP contribution is -2.57. The summed E-state index contributed by atoms with van der Waals surface area (Å²) >= 11 is 0. The second-order valence-corrected chi connectivity index (χ2v) is 10.9. The fourth-order valence-electron chi connectivity index (χ4n) is 4.57. The molecule has 0 spiro atoms. The molecule has 4 rings (SSSR count). The molecule has 2 amide bonds. The normalized spacial score (nSPS) is 24.0. The van der Waals surface area contributed by atoms with Crippen molar-refractivity contribution < 1.29 is 18.0 Å². The van der Waals surface area contributed by atoms with Gasteiger partial charge >= 0.3 is 0 Å². The summed E-state index contributed by atoms with van der Waals surface area (Å²) in [4.78, 5) is 25.6. The van der Waals surface area contributed by atoms with Crippen LogP contribution in [0.5, 0.6) is 0 Å². The molecule has 34 heavy (non-hydrogen) atoms. The topological polar surface area (TPSA) is 125 Å². The molecule has 3 atom stereocenters. The van der Waals surface area contributed by atoms with Crippen LogP contribution in [0.15, 0.2) is 35.2 Å². The summed E-state index contributed by atoms with van der Waals surface area (Å²) in [7, 11) is -3.56. The maximum atomic E-state index is 12.9. The Morgan fingerprint density at radius 3 is 2.47 bits per heavy atom. The van der Waals surface area contributed by atoms with Crippen LogP contribution < -0.4 is 16.0 Å². The van der Waals surface area contributed by atoms with Crippen molar-refractivity contribution in [3.05, 3.63) is 41.6 Å². The second-order valence-electron chi connectivity index (χ2n) is 8.94. The number of carbonyl (C=O) groups is 2. The highest BCUT2D eigenvalue weighted by atomic mass is 32.2. The number of hydrogen-bond acceptors (Lipinski definition) is 6. The summed E-state index contributed by atoms with van der Waals surface area (Å²) in [5.41, 5.74) is 1.00. The smallest absolute Gasteiger partial charge is 0.256 e. The van der Waals surface area contributed by atoms with E-state index in [2.05, 4.69) is 21.0 Å². The van der Waals surface area contributed by atoms with Gasteiger partial charge in [0, 0.05) is 30.8 Å². The third-order valence-electron chi connectivity index (χ3n) is 6.49. The van der Waals surface area contributed by atoms with Crippen molar-refractivity contribution in [1.29, 1.82) is 0 Å². The SMILES string of the molecule is CCC1C(=O)NC(n2nc(C)cc2NC(=O)c2ccc(S(=O)(=O)N3CCCCC3)cc2)NC1C. The minimum atomic E-state index is -3.56. The molecule has 0 radical (unpaired) electrons. The third kappa shape index (κ3) is 4.86. The predicted octanol–water partition coefficient (Wildman–Crippen LogP) is 2.21. The van der Waals surface area contributed by atoms with Crippen LogP contribution in [-0.4, -0.2) is 53.4 Å². The van der Waals surface area contributed by atoms with E-state index < -0.39 is 22.2 Å². The summed E-state index contributed by atoms with van der Waals surface area (Å²) in [5, 5.41) is 13.5. The number of aromatic nitrogens is 2. The first-order valence-electron chi connectivity index (χ1n) is 11.7. The van der Waals surface area contributed by atoms with Crippen molar-refractivity contribution >= 4 is 27.7 Å². The Bertz CT molecular complexity index is 1150. The molecule has 2 saturated heterocycles. The first kappa shape index (κ1) is 24.4. The van der Waals surface area contributed by atoms with Crippen LogP contribution in [0.2, 0.25) is 0 Å². The quantitative estimate of drug-likeness (QED) is 0.573. The Labute approximate surface area is 200 Å². The zero-order valence-electron chi connectivity index (χ0n) is 19.7. The average Bonchev–Trinajstić information content (AvgIpc) is 3.19. The number of hydrogen-bond donors (Lipinski definition) is 3. The molecular weight excluding hydrogens is 456 g/mol. The lowest BCUT2D eigenvalue weighted by molar-refractivity contribution is -0.130. The van der Waals surface area contributed by atoms with E-state index in [0.29, 0.717) is 30.2 Å². The number of nitrogens with zero attached hydrogens (tertiary/aromatic N) is 3. The molecule has 3 unspecified atom stereocenters. The van der Waals surface area contributed by atoms with Gasteiger partial charge in [0.2, 0.25) is 15.9 Å². The van der Waals surface area contributed by atoms with Crippen molar-refractivity contribution in [1.82, 2.24) is 24.7 Å². The van der Waals surface area contributed by atoms with Gasteiger partial charge in [-0.1, -0.05) is 13.3 Å². The first-order valence-corrected chi connectivity index (χ1v) is 13.2. The summed E-state index contributed by atoms with van der Waals surface area (Å²) in [6, 6.07) is 7.62. The van der Waals surface area contributed by atoms with Crippen molar-refractivity contribution in [3.63, 3.8) is 0 Å². The van der Waals surface area contributed by atoms with Gasteiger partial charge in [-0.25, -0.2) is 13.1 Å². The highest BCUT2D eigenvalue weighted by Crippen LogP contribution is 2.23. The van der Waals surface area contributed by atoms with Gasteiger partial charge in [0.1, 0.15) is 5.82 Å². The molecule has 3 heterocycles. The van der Waals surface area contributed by atoms with Crippen LogP contribution in [-0.2, 0) is 14.8 Å². The molecule has 2 fully saturated rings. The molecule has 0 bridgehead atoms. The highest BCUT2D eigenvalue weighted by Gasteiger charge is 2.34. The van der Waals surface area contributed by atoms with Gasteiger partial charge in [0.25, 0.3) is 5.91 Å². The minimum absolute atomic E-state index is 0.0498. The Morgan fingerprint density at radius 1 is 1.18 bits per heavy atom. The highest BCUT2D eigenvalue weighted by molar-refractivity contribution is 7.89. The molecule has 2 aromatic rings. The molecule has 3 N–H and O–H groups in total. The number of anilines is 1. The zero-order valence-corrected chi connectivity index (χ0v) is 20.6. The fraction of sp³-hybridized carbons (Fsp3) is 0.522. The van der Waals surface area contributed by atoms with Crippen LogP contribution in [0, 0.1) is 12.8 Å². The van der Waals surface area contributed by atoms with E-state index in [1.807, 2.05) is 13.8 Å². The number of aryl methyl sites for hydroxylation is 1. The second kappa shape index (κ2) is 9.85. The fourth-order valence-corrected chi connectivity index (χ4v) is 6.09. The number of piperidine rings is 1. The minimum Gasteiger partial charge on any atom is -0.322 e. The van der Waals surface area contributed by atoms with Crippen LogP contribution >= 0.6 is 0 Å². The molecule has 2 aliphatic rings. The lowest BCUT2D eigenvalue weighted by Gasteiger charge is -2.35. The number of sulfonamides is 1. The number of rotatable bonds is 6. The molecule has 1 aromatic heterocycles. The van der Waals surface area contributed by atoms with E-state index in [4.69, 9.17) is 0 Å². The van der Waals surface area contributed by atoms with Crippen molar-refractivity contribution in [2.75, 3.05) is 18.4 Å². The molecule has 1 aromatic carbocycles. The summed E-state index contributed by atoms with van der Waals surface area (Å²) in [5.74, 6) is -0.169. The maximum Gasteiger partial charge on any atom is 0.256 e. The van der Waals surface area contributed by atoms with Crippen LogP contribution in [0.3, 0.4) is 0 Å².